The number of nitrogens with two attached hydrogens (primary N) is 1. The predicted molar refractivity (Wildman–Crippen MR) is 78.7 cm³/mol. The number of aryl methyl sites for hydroxylation is 1. The molecule has 1 aromatic heterocycles. The molecule has 0 aliphatic heterocycles. The highest BCUT2D eigenvalue weighted by molar-refractivity contribution is 6.32. The fourth-order valence-electron chi connectivity index (χ4n) is 2.10. The van der Waals surface area contributed by atoms with Gasteiger partial charge in [0.05, 0.1) is 10.7 Å². The molecule has 0 aliphatic rings. The lowest BCUT2D eigenvalue weighted by molar-refractivity contribution is 0.787. The van der Waals surface area contributed by atoms with Crippen LogP contribution in [0.3, 0.4) is 0 Å². The van der Waals surface area contributed by atoms with Crippen LogP contribution in [0.15, 0.2) is 42.5 Å². The molecule has 2 N–H and O–H groups in total. The number of aromatic nitrogens is 4. The second-order valence-electron chi connectivity index (χ2n) is 4.41. The Morgan fingerprint density at radius 2 is 1.90 bits per heavy atom. The van der Waals surface area contributed by atoms with Gasteiger partial charge < -0.3 is 5.73 Å². The Kier molecular flexibility index (Phi) is 3.12. The number of para-hydroxylation sites is 2. The van der Waals surface area contributed by atoms with Crippen molar-refractivity contribution in [1.82, 2.24) is 20.2 Å². The Morgan fingerprint density at radius 3 is 2.65 bits per heavy atom. The third kappa shape index (κ3) is 2.02. The van der Waals surface area contributed by atoms with Gasteiger partial charge in [-0.3, -0.25) is 0 Å². The quantitative estimate of drug-likeness (QED) is 0.735. The molecule has 0 radical (unpaired) electrons. The Bertz CT molecular complexity index is 746. The van der Waals surface area contributed by atoms with Crippen LogP contribution < -0.4 is 5.73 Å². The summed E-state index contributed by atoms with van der Waals surface area (Å²) in [5.41, 5.74) is 9.13. The van der Waals surface area contributed by atoms with Crippen molar-refractivity contribution in [3.63, 3.8) is 0 Å². The Balaban J connectivity index is 2.24. The molecule has 3 aromatic rings. The molecule has 0 aliphatic carbocycles. The number of anilines is 1. The molecule has 0 bridgehead atoms. The average Bonchev–Trinajstić information content (AvgIpc) is 2.88. The van der Waals surface area contributed by atoms with E-state index in [4.69, 9.17) is 17.3 Å². The van der Waals surface area contributed by atoms with E-state index >= 15 is 0 Å². The summed E-state index contributed by atoms with van der Waals surface area (Å²) in [5.74, 6) is 0.569. The topological polar surface area (TPSA) is 69.6 Å². The van der Waals surface area contributed by atoms with Gasteiger partial charge in [0.15, 0.2) is 5.82 Å². The first-order chi connectivity index (χ1) is 9.68. The maximum atomic E-state index is 6.27. The molecule has 100 valence electrons. The van der Waals surface area contributed by atoms with E-state index in [0.717, 1.165) is 16.8 Å². The molecule has 0 saturated carbocycles. The highest BCUT2D eigenvalue weighted by atomic mass is 35.5. The van der Waals surface area contributed by atoms with Crippen LogP contribution in [0.2, 0.25) is 5.02 Å². The summed E-state index contributed by atoms with van der Waals surface area (Å²) in [5, 5.41) is 12.4. The normalized spacial score (nSPS) is 10.7. The fraction of sp³-hybridized carbons (Fsp3) is 0.0714. The third-order valence-corrected chi connectivity index (χ3v) is 3.38. The molecule has 0 unspecified atom stereocenters. The zero-order valence-corrected chi connectivity index (χ0v) is 11.5. The van der Waals surface area contributed by atoms with Gasteiger partial charge in [-0.1, -0.05) is 35.9 Å². The van der Waals surface area contributed by atoms with E-state index in [2.05, 4.69) is 15.5 Å². The van der Waals surface area contributed by atoms with Crippen LogP contribution >= 0.6 is 11.6 Å². The van der Waals surface area contributed by atoms with Gasteiger partial charge in [-0.2, -0.15) is 4.68 Å². The van der Waals surface area contributed by atoms with Crippen LogP contribution in [-0.2, 0) is 0 Å². The van der Waals surface area contributed by atoms with Crippen LogP contribution in [0.25, 0.3) is 17.1 Å². The van der Waals surface area contributed by atoms with Crippen molar-refractivity contribution in [1.29, 1.82) is 0 Å². The number of rotatable bonds is 2. The SMILES string of the molecule is Cc1cccc(Cl)c1-n1nnnc1-c1ccccc1N. The van der Waals surface area contributed by atoms with Crippen molar-refractivity contribution in [2.75, 3.05) is 5.73 Å². The van der Waals surface area contributed by atoms with E-state index in [1.165, 1.54) is 0 Å². The lowest BCUT2D eigenvalue weighted by atomic mass is 10.1. The van der Waals surface area contributed by atoms with E-state index < -0.39 is 0 Å². The third-order valence-electron chi connectivity index (χ3n) is 3.07. The van der Waals surface area contributed by atoms with Gasteiger partial charge in [0.2, 0.25) is 0 Å². The monoisotopic (exact) mass is 285 g/mol. The minimum absolute atomic E-state index is 0.569. The van der Waals surface area contributed by atoms with Crippen molar-refractivity contribution in [2.24, 2.45) is 0 Å². The van der Waals surface area contributed by atoms with Gasteiger partial charge in [0, 0.05) is 11.3 Å². The van der Waals surface area contributed by atoms with Gasteiger partial charge in [0.1, 0.15) is 0 Å². The highest BCUT2D eigenvalue weighted by Gasteiger charge is 2.16. The number of hydrogen-bond donors (Lipinski definition) is 1. The lowest BCUT2D eigenvalue weighted by Gasteiger charge is -2.10. The number of nitrogen functional groups attached to an aromatic ring is 1. The molecule has 1 heterocycles. The first kappa shape index (κ1) is 12.6. The van der Waals surface area contributed by atoms with Gasteiger partial charge >= 0.3 is 0 Å². The molecule has 5 nitrogen and oxygen atoms in total. The average molecular weight is 286 g/mol. The fourth-order valence-corrected chi connectivity index (χ4v) is 2.40. The highest BCUT2D eigenvalue weighted by Crippen LogP contribution is 2.29. The standard InChI is InChI=1S/C14H12ClN5/c1-9-5-4-7-11(15)13(9)20-14(17-18-19-20)10-6-2-3-8-12(10)16/h2-8H,16H2,1H3. The summed E-state index contributed by atoms with van der Waals surface area (Å²) >= 11 is 6.27. The molecule has 0 amide bonds. The van der Waals surface area contributed by atoms with Crippen LogP contribution in [0.5, 0.6) is 0 Å². The maximum Gasteiger partial charge on any atom is 0.189 e. The van der Waals surface area contributed by atoms with E-state index in [1.54, 1.807) is 4.68 Å². The van der Waals surface area contributed by atoms with Crippen molar-refractivity contribution in [3.8, 4) is 17.1 Å². The number of halogens is 1. The smallest absolute Gasteiger partial charge is 0.189 e. The van der Waals surface area contributed by atoms with Gasteiger partial charge in [-0.15, -0.1) is 5.10 Å². The van der Waals surface area contributed by atoms with Gasteiger partial charge in [-0.05, 0) is 41.1 Å². The van der Waals surface area contributed by atoms with Crippen LogP contribution in [0, 0.1) is 6.92 Å². The first-order valence-electron chi connectivity index (χ1n) is 6.07. The largest absolute Gasteiger partial charge is 0.398 e. The Morgan fingerprint density at radius 1 is 1.10 bits per heavy atom. The molecule has 0 atom stereocenters. The predicted octanol–water partition coefficient (Wildman–Crippen LogP) is 2.87. The minimum Gasteiger partial charge on any atom is -0.398 e. The molecule has 6 heteroatoms. The summed E-state index contributed by atoms with van der Waals surface area (Å²) < 4.78 is 1.61. The lowest BCUT2D eigenvalue weighted by Crippen LogP contribution is -2.04. The molecule has 20 heavy (non-hydrogen) atoms. The second kappa shape index (κ2) is 4.94. The summed E-state index contributed by atoms with van der Waals surface area (Å²) in [6, 6.07) is 13.1. The number of tetrazole rings is 1. The molecule has 0 fully saturated rings. The molecule has 0 spiro atoms. The second-order valence-corrected chi connectivity index (χ2v) is 4.81. The van der Waals surface area contributed by atoms with E-state index in [9.17, 15) is 0 Å². The van der Waals surface area contributed by atoms with Crippen LogP contribution in [0.4, 0.5) is 5.69 Å². The number of nitrogens with zero attached hydrogens (tertiary/aromatic N) is 4. The summed E-state index contributed by atoms with van der Waals surface area (Å²) in [7, 11) is 0. The molecule has 0 saturated heterocycles. The molecular weight excluding hydrogens is 274 g/mol. The summed E-state index contributed by atoms with van der Waals surface area (Å²) in [6.45, 7) is 1.96. The Labute approximate surface area is 121 Å². The van der Waals surface area contributed by atoms with E-state index in [1.807, 2.05) is 49.4 Å². The maximum absolute atomic E-state index is 6.27. The summed E-state index contributed by atoms with van der Waals surface area (Å²) in [4.78, 5) is 0. The zero-order chi connectivity index (χ0) is 14.1. The first-order valence-corrected chi connectivity index (χ1v) is 6.45. The van der Waals surface area contributed by atoms with E-state index in [0.29, 0.717) is 16.5 Å². The van der Waals surface area contributed by atoms with Gasteiger partial charge in [0.25, 0.3) is 0 Å². The zero-order valence-electron chi connectivity index (χ0n) is 10.8. The molecule has 2 aromatic carbocycles. The van der Waals surface area contributed by atoms with E-state index in [-0.39, 0.29) is 0 Å². The molecular formula is C14H12ClN5. The van der Waals surface area contributed by atoms with Crippen molar-refractivity contribution in [2.45, 2.75) is 6.92 Å². The van der Waals surface area contributed by atoms with Crippen molar-refractivity contribution >= 4 is 17.3 Å². The number of benzene rings is 2. The van der Waals surface area contributed by atoms with Crippen molar-refractivity contribution in [3.05, 3.63) is 53.1 Å². The van der Waals surface area contributed by atoms with Crippen LogP contribution in [0.1, 0.15) is 5.56 Å². The van der Waals surface area contributed by atoms with Crippen LogP contribution in [-0.4, -0.2) is 20.2 Å². The minimum atomic E-state index is 0.569. The summed E-state index contributed by atoms with van der Waals surface area (Å²) in [6.07, 6.45) is 0. The molecule has 3 rings (SSSR count). The van der Waals surface area contributed by atoms with Gasteiger partial charge in [-0.25, -0.2) is 0 Å². The van der Waals surface area contributed by atoms with Crippen molar-refractivity contribution < 1.29 is 0 Å². The number of hydrogen-bond acceptors (Lipinski definition) is 4. The Hall–Kier alpha value is -2.40.